The minimum Gasteiger partial charge on any atom is -0.330 e. The number of hydrogen-bond donors (Lipinski definition) is 2. The molecule has 1 aromatic heterocycles. The zero-order valence-electron chi connectivity index (χ0n) is 11.4. The number of nitrogens with one attached hydrogen (secondary N) is 1. The summed E-state index contributed by atoms with van der Waals surface area (Å²) >= 11 is 1.72. The van der Waals surface area contributed by atoms with Crippen molar-refractivity contribution in [2.45, 2.75) is 26.3 Å². The molecule has 0 aliphatic rings. The molecule has 1 aromatic carbocycles. The van der Waals surface area contributed by atoms with Crippen molar-refractivity contribution in [1.82, 2.24) is 10.3 Å². The van der Waals surface area contributed by atoms with Gasteiger partial charge < -0.3 is 11.1 Å². The molecular formula is C15H21N3S. The quantitative estimate of drug-likeness (QED) is 0.762. The van der Waals surface area contributed by atoms with Crippen molar-refractivity contribution in [2.75, 3.05) is 13.1 Å². The average Bonchev–Trinajstić information content (AvgIpc) is 2.83. The summed E-state index contributed by atoms with van der Waals surface area (Å²) in [5.74, 6) is 0. The summed E-state index contributed by atoms with van der Waals surface area (Å²) in [5, 5.41) is 6.73. The van der Waals surface area contributed by atoms with Crippen LogP contribution in [-0.4, -0.2) is 18.1 Å². The van der Waals surface area contributed by atoms with Crippen LogP contribution in [0.5, 0.6) is 0 Å². The highest BCUT2D eigenvalue weighted by Crippen LogP contribution is 2.08. The number of benzene rings is 1. The normalized spacial score (nSPS) is 10.8. The molecule has 0 spiro atoms. The van der Waals surface area contributed by atoms with Crippen molar-refractivity contribution in [3.63, 3.8) is 0 Å². The van der Waals surface area contributed by atoms with Gasteiger partial charge in [-0.3, -0.25) is 0 Å². The summed E-state index contributed by atoms with van der Waals surface area (Å²) in [7, 11) is 0. The van der Waals surface area contributed by atoms with Crippen LogP contribution in [0.15, 0.2) is 29.6 Å². The summed E-state index contributed by atoms with van der Waals surface area (Å²) in [6.45, 7) is 4.63. The van der Waals surface area contributed by atoms with Crippen LogP contribution in [0.25, 0.3) is 0 Å². The van der Waals surface area contributed by atoms with Crippen LogP contribution < -0.4 is 11.1 Å². The number of nitrogens with two attached hydrogens (primary N) is 1. The Balaban J connectivity index is 1.70. The fourth-order valence-electron chi connectivity index (χ4n) is 1.96. The van der Waals surface area contributed by atoms with Crippen LogP contribution in [0, 0.1) is 6.92 Å². The Labute approximate surface area is 118 Å². The van der Waals surface area contributed by atoms with Crippen molar-refractivity contribution < 1.29 is 0 Å². The van der Waals surface area contributed by atoms with Gasteiger partial charge in [-0.1, -0.05) is 24.3 Å². The maximum Gasteiger partial charge on any atom is 0.0897 e. The molecule has 102 valence electrons. The molecule has 3 nitrogen and oxygen atoms in total. The highest BCUT2D eigenvalue weighted by atomic mass is 32.1. The zero-order valence-corrected chi connectivity index (χ0v) is 12.2. The van der Waals surface area contributed by atoms with E-state index < -0.39 is 0 Å². The van der Waals surface area contributed by atoms with E-state index in [0.717, 1.165) is 30.9 Å². The first-order valence-corrected chi connectivity index (χ1v) is 7.55. The molecule has 0 bridgehead atoms. The summed E-state index contributed by atoms with van der Waals surface area (Å²) in [4.78, 5) is 4.45. The lowest BCUT2D eigenvalue weighted by Gasteiger charge is -2.05. The second-order valence-electron chi connectivity index (χ2n) is 4.64. The smallest absolute Gasteiger partial charge is 0.0897 e. The van der Waals surface area contributed by atoms with Crippen molar-refractivity contribution in [3.8, 4) is 0 Å². The van der Waals surface area contributed by atoms with E-state index in [1.807, 2.05) is 6.92 Å². The molecule has 2 rings (SSSR count). The lowest BCUT2D eigenvalue weighted by molar-refractivity contribution is 0.681. The molecule has 0 aliphatic heterocycles. The second-order valence-corrected chi connectivity index (χ2v) is 5.70. The Kier molecular flexibility index (Phi) is 5.51. The monoisotopic (exact) mass is 275 g/mol. The zero-order chi connectivity index (χ0) is 13.5. The van der Waals surface area contributed by atoms with Gasteiger partial charge in [0.2, 0.25) is 0 Å². The van der Waals surface area contributed by atoms with Gasteiger partial charge in [0.15, 0.2) is 0 Å². The Hall–Kier alpha value is -1.23. The topological polar surface area (TPSA) is 50.9 Å². The van der Waals surface area contributed by atoms with Gasteiger partial charge >= 0.3 is 0 Å². The molecular weight excluding hydrogens is 254 g/mol. The van der Waals surface area contributed by atoms with E-state index >= 15 is 0 Å². The predicted molar refractivity (Wildman–Crippen MR) is 81.5 cm³/mol. The van der Waals surface area contributed by atoms with E-state index in [4.69, 9.17) is 5.73 Å². The Morgan fingerprint density at radius 1 is 1.16 bits per heavy atom. The van der Waals surface area contributed by atoms with Gasteiger partial charge in [0.1, 0.15) is 0 Å². The first-order chi connectivity index (χ1) is 9.28. The number of aryl methyl sites for hydroxylation is 1. The van der Waals surface area contributed by atoms with Gasteiger partial charge in [-0.25, -0.2) is 4.98 Å². The number of nitrogens with zero attached hydrogens (tertiary/aromatic N) is 1. The lowest BCUT2D eigenvalue weighted by atomic mass is 10.1. The van der Waals surface area contributed by atoms with Crippen molar-refractivity contribution in [1.29, 1.82) is 0 Å². The van der Waals surface area contributed by atoms with Crippen LogP contribution in [0.2, 0.25) is 0 Å². The summed E-state index contributed by atoms with van der Waals surface area (Å²) in [6, 6.07) is 8.66. The molecule has 4 heteroatoms. The van der Waals surface area contributed by atoms with Crippen LogP contribution in [-0.2, 0) is 19.4 Å². The van der Waals surface area contributed by atoms with Crippen molar-refractivity contribution in [3.05, 3.63) is 51.5 Å². The van der Waals surface area contributed by atoms with Gasteiger partial charge in [-0.2, -0.15) is 0 Å². The van der Waals surface area contributed by atoms with Crippen LogP contribution in [0.4, 0.5) is 0 Å². The van der Waals surface area contributed by atoms with Gasteiger partial charge in [0.25, 0.3) is 0 Å². The number of aromatic nitrogens is 1. The maximum absolute atomic E-state index is 5.54. The lowest BCUT2D eigenvalue weighted by Crippen LogP contribution is -2.16. The van der Waals surface area contributed by atoms with Crippen LogP contribution in [0.3, 0.4) is 0 Å². The maximum atomic E-state index is 5.54. The van der Waals surface area contributed by atoms with Gasteiger partial charge in [-0.15, -0.1) is 11.3 Å². The summed E-state index contributed by atoms with van der Waals surface area (Å²) in [5.41, 5.74) is 9.35. The molecule has 19 heavy (non-hydrogen) atoms. The third-order valence-electron chi connectivity index (χ3n) is 3.01. The third kappa shape index (κ3) is 4.74. The average molecular weight is 275 g/mol. The number of thiazole rings is 1. The van der Waals surface area contributed by atoms with E-state index in [0.29, 0.717) is 6.54 Å². The van der Waals surface area contributed by atoms with E-state index in [9.17, 15) is 0 Å². The number of rotatable bonds is 7. The van der Waals surface area contributed by atoms with E-state index in [1.54, 1.807) is 11.3 Å². The third-order valence-corrected chi connectivity index (χ3v) is 3.83. The molecule has 0 atom stereocenters. The molecule has 0 unspecified atom stereocenters. The van der Waals surface area contributed by atoms with Gasteiger partial charge in [0.05, 0.1) is 10.7 Å². The molecule has 1 heterocycles. The summed E-state index contributed by atoms with van der Waals surface area (Å²) in [6.07, 6.45) is 1.95. The summed E-state index contributed by atoms with van der Waals surface area (Å²) < 4.78 is 0. The Bertz CT molecular complexity index is 490. The molecule has 2 aromatic rings. The van der Waals surface area contributed by atoms with Gasteiger partial charge in [0, 0.05) is 24.9 Å². The largest absolute Gasteiger partial charge is 0.330 e. The number of hydrogen-bond acceptors (Lipinski definition) is 4. The van der Waals surface area contributed by atoms with E-state index in [2.05, 4.69) is 39.9 Å². The highest BCUT2D eigenvalue weighted by Gasteiger charge is 1.98. The minimum absolute atomic E-state index is 0.713. The Morgan fingerprint density at radius 3 is 2.53 bits per heavy atom. The standard InChI is InChI=1S/C15H21N3S/c1-12-18-15(11-19-12)7-9-17-10-14-4-2-13(3-5-14)6-8-16/h2-5,11,17H,6-10,16H2,1H3. The van der Waals surface area contributed by atoms with E-state index in [1.165, 1.54) is 16.8 Å². The molecule has 0 saturated carbocycles. The first kappa shape index (κ1) is 14.2. The molecule has 0 saturated heterocycles. The molecule has 0 amide bonds. The van der Waals surface area contributed by atoms with E-state index in [-0.39, 0.29) is 0 Å². The molecule has 0 radical (unpaired) electrons. The second kappa shape index (κ2) is 7.38. The fraction of sp³-hybridized carbons (Fsp3) is 0.400. The minimum atomic E-state index is 0.713. The fourth-order valence-corrected chi connectivity index (χ4v) is 2.61. The molecule has 0 aliphatic carbocycles. The molecule has 3 N–H and O–H groups in total. The SMILES string of the molecule is Cc1nc(CCNCc2ccc(CCN)cc2)cs1. The van der Waals surface area contributed by atoms with Crippen LogP contribution >= 0.6 is 11.3 Å². The highest BCUT2D eigenvalue weighted by molar-refractivity contribution is 7.09. The predicted octanol–water partition coefficient (Wildman–Crippen LogP) is 2.29. The van der Waals surface area contributed by atoms with Crippen LogP contribution in [0.1, 0.15) is 21.8 Å². The Morgan fingerprint density at radius 2 is 1.89 bits per heavy atom. The van der Waals surface area contributed by atoms with Crippen molar-refractivity contribution in [2.24, 2.45) is 5.73 Å². The first-order valence-electron chi connectivity index (χ1n) is 6.67. The molecule has 0 fully saturated rings. The van der Waals surface area contributed by atoms with Crippen molar-refractivity contribution >= 4 is 11.3 Å². The van der Waals surface area contributed by atoms with Gasteiger partial charge in [-0.05, 0) is 31.0 Å².